The SMILES string of the molecule is Cc1nc2ccc(S(=O)(=O)N(CC(C)C)CC(O)[C@H](Cc3ccccc3)NC(=O)[C@@H](NC(=O)CCl)C(C)(C)C)cc2[nH]1. The van der Waals surface area contributed by atoms with Crippen molar-refractivity contribution in [2.75, 3.05) is 19.0 Å². The van der Waals surface area contributed by atoms with E-state index in [-0.39, 0.29) is 36.2 Å². The molecular formula is C30H42ClN5O5S. The summed E-state index contributed by atoms with van der Waals surface area (Å²) in [6.07, 6.45) is -1.03. The van der Waals surface area contributed by atoms with E-state index in [1.54, 1.807) is 19.1 Å². The zero-order valence-corrected chi connectivity index (χ0v) is 26.6. The van der Waals surface area contributed by atoms with Crippen LogP contribution < -0.4 is 10.6 Å². The van der Waals surface area contributed by atoms with Gasteiger partial charge in [-0.05, 0) is 48.4 Å². The third-order valence-electron chi connectivity index (χ3n) is 6.81. The van der Waals surface area contributed by atoms with Crippen LogP contribution in [-0.4, -0.2) is 76.8 Å². The van der Waals surface area contributed by atoms with Crippen LogP contribution in [0.4, 0.5) is 0 Å². The summed E-state index contributed by atoms with van der Waals surface area (Å²) in [5, 5.41) is 17.1. The van der Waals surface area contributed by atoms with Crippen LogP contribution >= 0.6 is 11.6 Å². The van der Waals surface area contributed by atoms with Gasteiger partial charge in [0.05, 0.1) is 28.1 Å². The minimum Gasteiger partial charge on any atom is -0.390 e. The molecule has 42 heavy (non-hydrogen) atoms. The lowest BCUT2D eigenvalue weighted by atomic mass is 9.85. The summed E-state index contributed by atoms with van der Waals surface area (Å²) in [6, 6.07) is 12.2. The van der Waals surface area contributed by atoms with Crippen molar-refractivity contribution < 1.29 is 23.1 Å². The average Bonchev–Trinajstić information content (AvgIpc) is 3.29. The molecule has 0 aliphatic rings. The summed E-state index contributed by atoms with van der Waals surface area (Å²) in [4.78, 5) is 33.1. The Labute approximate surface area is 253 Å². The molecule has 0 aliphatic heterocycles. The number of aromatic amines is 1. The highest BCUT2D eigenvalue weighted by Crippen LogP contribution is 2.24. The highest BCUT2D eigenvalue weighted by atomic mass is 35.5. The predicted octanol–water partition coefficient (Wildman–Crippen LogP) is 3.38. The number of sulfonamides is 1. The summed E-state index contributed by atoms with van der Waals surface area (Å²) < 4.78 is 29.0. The lowest BCUT2D eigenvalue weighted by molar-refractivity contribution is -0.131. The number of hydrogen-bond donors (Lipinski definition) is 4. The number of imidazole rings is 1. The van der Waals surface area contributed by atoms with Gasteiger partial charge in [0.15, 0.2) is 0 Å². The molecule has 0 fully saturated rings. The molecule has 0 spiro atoms. The zero-order valence-electron chi connectivity index (χ0n) is 25.0. The molecule has 1 unspecified atom stereocenters. The number of nitrogens with zero attached hydrogens (tertiary/aromatic N) is 2. The van der Waals surface area contributed by atoms with Crippen LogP contribution in [0.1, 0.15) is 46.0 Å². The van der Waals surface area contributed by atoms with E-state index in [0.29, 0.717) is 16.9 Å². The number of benzene rings is 2. The number of carbonyl (C=O) groups is 2. The average molecular weight is 620 g/mol. The third-order valence-corrected chi connectivity index (χ3v) is 8.88. The van der Waals surface area contributed by atoms with Gasteiger partial charge in [0.2, 0.25) is 21.8 Å². The number of hydrogen-bond acceptors (Lipinski definition) is 6. The summed E-state index contributed by atoms with van der Waals surface area (Å²) >= 11 is 5.69. The van der Waals surface area contributed by atoms with Crippen molar-refractivity contribution in [3.8, 4) is 0 Å². The minimum absolute atomic E-state index is 0.0386. The number of amides is 2. The molecule has 0 saturated carbocycles. The number of aromatic nitrogens is 2. The number of fused-ring (bicyclic) bond motifs is 1. The van der Waals surface area contributed by atoms with Crippen molar-refractivity contribution >= 4 is 44.5 Å². The maximum atomic E-state index is 13.9. The molecule has 0 aliphatic carbocycles. The molecule has 3 rings (SSSR count). The number of H-pyrrole nitrogens is 1. The summed E-state index contributed by atoms with van der Waals surface area (Å²) in [5.41, 5.74) is 1.43. The monoisotopic (exact) mass is 619 g/mol. The number of halogens is 1. The molecule has 10 nitrogen and oxygen atoms in total. The van der Waals surface area contributed by atoms with E-state index < -0.39 is 45.4 Å². The van der Waals surface area contributed by atoms with Crippen LogP contribution in [-0.2, 0) is 26.0 Å². The summed E-state index contributed by atoms with van der Waals surface area (Å²) in [5.74, 6) is -0.667. The second-order valence-electron chi connectivity index (χ2n) is 12.1. The van der Waals surface area contributed by atoms with Gasteiger partial charge in [-0.25, -0.2) is 13.4 Å². The van der Waals surface area contributed by atoms with Crippen LogP contribution in [0.5, 0.6) is 0 Å². The first kappa shape index (κ1) is 33.5. The Morgan fingerprint density at radius 2 is 1.74 bits per heavy atom. The topological polar surface area (TPSA) is 144 Å². The van der Waals surface area contributed by atoms with E-state index in [9.17, 15) is 23.1 Å². The first-order valence-electron chi connectivity index (χ1n) is 14.0. The van der Waals surface area contributed by atoms with Crippen molar-refractivity contribution in [2.45, 2.75) is 71.0 Å². The maximum absolute atomic E-state index is 13.9. The first-order chi connectivity index (χ1) is 19.6. The van der Waals surface area contributed by atoms with E-state index in [1.165, 1.54) is 10.4 Å². The molecule has 4 N–H and O–H groups in total. The number of aryl methyl sites for hydroxylation is 1. The number of alkyl halides is 1. The van der Waals surface area contributed by atoms with E-state index in [4.69, 9.17) is 11.6 Å². The Bertz CT molecular complexity index is 1470. The van der Waals surface area contributed by atoms with Crippen LogP contribution in [0.15, 0.2) is 53.4 Å². The van der Waals surface area contributed by atoms with Crippen molar-refractivity contribution in [1.82, 2.24) is 24.9 Å². The van der Waals surface area contributed by atoms with Gasteiger partial charge < -0.3 is 20.7 Å². The van der Waals surface area contributed by atoms with Gasteiger partial charge in [0.1, 0.15) is 17.7 Å². The summed E-state index contributed by atoms with van der Waals surface area (Å²) in [6.45, 7) is 10.9. The number of carbonyl (C=O) groups excluding carboxylic acids is 2. The second-order valence-corrected chi connectivity index (χ2v) is 14.3. The molecule has 0 bridgehead atoms. The number of aliphatic hydroxyl groups is 1. The van der Waals surface area contributed by atoms with Gasteiger partial charge in [-0.3, -0.25) is 9.59 Å². The van der Waals surface area contributed by atoms with E-state index in [1.807, 2.05) is 65.0 Å². The van der Waals surface area contributed by atoms with Gasteiger partial charge in [0, 0.05) is 13.1 Å². The van der Waals surface area contributed by atoms with Gasteiger partial charge in [-0.15, -0.1) is 11.6 Å². The van der Waals surface area contributed by atoms with Gasteiger partial charge in [-0.2, -0.15) is 4.31 Å². The Morgan fingerprint density at radius 1 is 1.07 bits per heavy atom. The quantitative estimate of drug-likeness (QED) is 0.216. The van der Waals surface area contributed by atoms with E-state index >= 15 is 0 Å². The zero-order chi connectivity index (χ0) is 31.2. The fraction of sp³-hybridized carbons (Fsp3) is 0.500. The molecule has 0 radical (unpaired) electrons. The Morgan fingerprint density at radius 3 is 2.33 bits per heavy atom. The van der Waals surface area contributed by atoms with E-state index in [0.717, 1.165) is 5.56 Å². The smallest absolute Gasteiger partial charge is 0.243 e. The Balaban J connectivity index is 1.94. The fourth-order valence-electron chi connectivity index (χ4n) is 4.73. The molecule has 0 saturated heterocycles. The third kappa shape index (κ3) is 8.76. The van der Waals surface area contributed by atoms with Gasteiger partial charge in [0.25, 0.3) is 0 Å². The largest absolute Gasteiger partial charge is 0.390 e. The predicted molar refractivity (Wildman–Crippen MR) is 165 cm³/mol. The van der Waals surface area contributed by atoms with Gasteiger partial charge >= 0.3 is 0 Å². The fourth-order valence-corrected chi connectivity index (χ4v) is 6.46. The Hall–Kier alpha value is -2.99. The molecule has 230 valence electrons. The van der Waals surface area contributed by atoms with Crippen LogP contribution in [0.3, 0.4) is 0 Å². The lowest BCUT2D eigenvalue weighted by Crippen LogP contribution is -2.59. The number of nitrogens with one attached hydrogen (secondary N) is 3. The molecule has 2 aromatic carbocycles. The van der Waals surface area contributed by atoms with Crippen molar-refractivity contribution in [2.24, 2.45) is 11.3 Å². The Kier molecular flexibility index (Phi) is 11.2. The highest BCUT2D eigenvalue weighted by Gasteiger charge is 2.36. The maximum Gasteiger partial charge on any atom is 0.243 e. The van der Waals surface area contributed by atoms with E-state index in [2.05, 4.69) is 20.6 Å². The second kappa shape index (κ2) is 14.0. The normalized spacial score (nSPS) is 14.6. The molecule has 1 aromatic heterocycles. The number of aliphatic hydroxyl groups excluding tert-OH is 1. The standard InChI is InChI=1S/C30H42ClN5O5S/c1-19(2)17-36(42(40,41)22-12-13-23-24(15-22)33-20(3)32-23)18-26(37)25(14-21-10-8-7-9-11-21)34-29(39)28(30(4,5)6)35-27(38)16-31/h7-13,15,19,25-26,28,37H,14,16-18H2,1-6H3,(H,32,33)(H,34,39)(H,35,38)/t25-,26?,28+/m0/s1. The molecule has 3 atom stereocenters. The first-order valence-corrected chi connectivity index (χ1v) is 15.9. The molecule has 1 heterocycles. The molecule has 12 heteroatoms. The van der Waals surface area contributed by atoms with Crippen molar-refractivity contribution in [1.29, 1.82) is 0 Å². The highest BCUT2D eigenvalue weighted by molar-refractivity contribution is 7.89. The summed E-state index contributed by atoms with van der Waals surface area (Å²) in [7, 11) is -4.03. The van der Waals surface area contributed by atoms with Crippen LogP contribution in [0.2, 0.25) is 0 Å². The van der Waals surface area contributed by atoms with Crippen LogP contribution in [0.25, 0.3) is 11.0 Å². The molecule has 3 aromatic rings. The van der Waals surface area contributed by atoms with Crippen LogP contribution in [0, 0.1) is 18.3 Å². The van der Waals surface area contributed by atoms with Crippen molar-refractivity contribution in [3.05, 3.63) is 59.9 Å². The molecular weight excluding hydrogens is 578 g/mol. The van der Waals surface area contributed by atoms with Crippen molar-refractivity contribution in [3.63, 3.8) is 0 Å². The van der Waals surface area contributed by atoms with Gasteiger partial charge in [-0.1, -0.05) is 65.0 Å². The molecule has 2 amide bonds. The lowest BCUT2D eigenvalue weighted by Gasteiger charge is -2.34. The minimum atomic E-state index is -4.03. The number of rotatable bonds is 13.